The molecule has 1 aliphatic rings. The summed E-state index contributed by atoms with van der Waals surface area (Å²) in [4.78, 5) is 14.9. The molecule has 2 N–H and O–H groups in total. The highest BCUT2D eigenvalue weighted by Crippen LogP contribution is 2.45. The van der Waals surface area contributed by atoms with Crippen molar-refractivity contribution >= 4 is 5.91 Å². The third-order valence-corrected chi connectivity index (χ3v) is 5.49. The average molecular weight is 409 g/mol. The van der Waals surface area contributed by atoms with E-state index >= 15 is 0 Å². The number of halogens is 1. The van der Waals surface area contributed by atoms with Crippen LogP contribution in [0.3, 0.4) is 0 Å². The molecular formula is C23H24FN3O3. The van der Waals surface area contributed by atoms with Gasteiger partial charge in [-0.25, -0.2) is 4.39 Å². The van der Waals surface area contributed by atoms with Gasteiger partial charge in [0.2, 0.25) is 0 Å². The first-order valence-corrected chi connectivity index (χ1v) is 9.86. The van der Waals surface area contributed by atoms with Gasteiger partial charge in [-0.15, -0.1) is 0 Å². The minimum atomic E-state index is -0.432. The number of amides is 1. The summed E-state index contributed by atoms with van der Waals surface area (Å²) in [5, 5.41) is 17.9. The number of aromatic nitrogens is 2. The van der Waals surface area contributed by atoms with E-state index in [1.165, 1.54) is 12.1 Å². The van der Waals surface area contributed by atoms with E-state index in [0.717, 1.165) is 16.7 Å². The molecule has 2 aromatic carbocycles. The van der Waals surface area contributed by atoms with Crippen LogP contribution in [0.25, 0.3) is 11.3 Å². The predicted octanol–water partition coefficient (Wildman–Crippen LogP) is 4.12. The summed E-state index contributed by atoms with van der Waals surface area (Å²) in [5.41, 5.74) is 4.82. The molecule has 0 bridgehead atoms. The largest absolute Gasteiger partial charge is 0.507 e. The number of nitrogens with one attached hydrogen (secondary N) is 1. The van der Waals surface area contributed by atoms with Crippen LogP contribution >= 0.6 is 0 Å². The lowest BCUT2D eigenvalue weighted by Crippen LogP contribution is -2.31. The van der Waals surface area contributed by atoms with E-state index in [-0.39, 0.29) is 17.5 Å². The van der Waals surface area contributed by atoms with Crippen molar-refractivity contribution in [3.63, 3.8) is 0 Å². The van der Waals surface area contributed by atoms with E-state index in [9.17, 15) is 14.3 Å². The third kappa shape index (κ3) is 3.35. The Labute approximate surface area is 174 Å². The molecule has 0 fully saturated rings. The van der Waals surface area contributed by atoms with Crippen molar-refractivity contribution < 1.29 is 19.0 Å². The second-order valence-corrected chi connectivity index (χ2v) is 7.64. The number of phenols is 1. The zero-order chi connectivity index (χ0) is 21.4. The minimum Gasteiger partial charge on any atom is -0.507 e. The number of benzene rings is 2. The van der Waals surface area contributed by atoms with Crippen LogP contribution in [0.5, 0.6) is 5.75 Å². The molecule has 1 atom stereocenters. The second-order valence-electron chi connectivity index (χ2n) is 7.64. The van der Waals surface area contributed by atoms with Crippen molar-refractivity contribution in [2.45, 2.75) is 26.3 Å². The summed E-state index contributed by atoms with van der Waals surface area (Å²) in [5.74, 6) is -0.392. The molecule has 0 saturated heterocycles. The van der Waals surface area contributed by atoms with Crippen LogP contribution in [0.1, 0.15) is 45.2 Å². The average Bonchev–Trinajstić information content (AvgIpc) is 3.22. The maximum Gasteiger partial charge on any atom is 0.273 e. The second kappa shape index (κ2) is 7.91. The van der Waals surface area contributed by atoms with Crippen LogP contribution in [0.15, 0.2) is 36.4 Å². The van der Waals surface area contributed by atoms with E-state index in [2.05, 4.69) is 10.2 Å². The van der Waals surface area contributed by atoms with Gasteiger partial charge >= 0.3 is 0 Å². The quantitative estimate of drug-likeness (QED) is 0.601. The van der Waals surface area contributed by atoms with E-state index in [0.29, 0.717) is 42.1 Å². The fraction of sp³-hybridized carbons (Fsp3) is 0.304. The lowest BCUT2D eigenvalue weighted by atomic mass is 9.93. The number of rotatable bonds is 6. The number of phenolic OH excluding ortho intramolecular Hbond substituents is 1. The van der Waals surface area contributed by atoms with Gasteiger partial charge in [0.05, 0.1) is 6.04 Å². The Morgan fingerprint density at radius 3 is 2.63 bits per heavy atom. The van der Waals surface area contributed by atoms with Crippen molar-refractivity contribution in [3.05, 3.63) is 70.2 Å². The lowest BCUT2D eigenvalue weighted by Gasteiger charge is -2.26. The molecular weight excluding hydrogens is 385 g/mol. The molecule has 1 amide bonds. The van der Waals surface area contributed by atoms with Crippen molar-refractivity contribution in [1.82, 2.24) is 15.1 Å². The first kappa shape index (κ1) is 20.1. The summed E-state index contributed by atoms with van der Waals surface area (Å²) in [6.07, 6.45) is 0.668. The van der Waals surface area contributed by atoms with Gasteiger partial charge in [-0.05, 0) is 55.2 Å². The topological polar surface area (TPSA) is 78.5 Å². The van der Waals surface area contributed by atoms with Gasteiger partial charge in [0.25, 0.3) is 5.91 Å². The molecule has 1 unspecified atom stereocenters. The Morgan fingerprint density at radius 1 is 1.23 bits per heavy atom. The van der Waals surface area contributed by atoms with Crippen molar-refractivity contribution in [2.75, 3.05) is 20.3 Å². The molecule has 0 radical (unpaired) electrons. The normalized spacial score (nSPS) is 15.7. The van der Waals surface area contributed by atoms with Gasteiger partial charge in [0, 0.05) is 31.4 Å². The summed E-state index contributed by atoms with van der Waals surface area (Å²) >= 11 is 0. The number of carbonyl (C=O) groups excluding carboxylic acids is 1. The molecule has 0 saturated carbocycles. The first-order valence-electron chi connectivity index (χ1n) is 9.86. The Kier molecular flexibility index (Phi) is 5.30. The van der Waals surface area contributed by atoms with Crippen LogP contribution in [0, 0.1) is 19.7 Å². The van der Waals surface area contributed by atoms with Crippen LogP contribution in [-0.2, 0) is 4.74 Å². The first-order chi connectivity index (χ1) is 14.4. The van der Waals surface area contributed by atoms with Gasteiger partial charge in [-0.1, -0.05) is 18.2 Å². The Hall–Kier alpha value is -3.19. The number of hydrogen-bond donors (Lipinski definition) is 2. The van der Waals surface area contributed by atoms with Crippen molar-refractivity contribution in [3.8, 4) is 17.0 Å². The van der Waals surface area contributed by atoms with Crippen LogP contribution in [-0.4, -0.2) is 46.4 Å². The smallest absolute Gasteiger partial charge is 0.273 e. The fourth-order valence-corrected chi connectivity index (χ4v) is 4.24. The molecule has 2 heterocycles. The molecule has 1 aliphatic heterocycles. The zero-order valence-electron chi connectivity index (χ0n) is 17.2. The molecule has 1 aromatic heterocycles. The van der Waals surface area contributed by atoms with Gasteiger partial charge in [-0.2, -0.15) is 5.10 Å². The van der Waals surface area contributed by atoms with E-state index in [4.69, 9.17) is 4.74 Å². The standard InChI is InChI=1S/C23H24FN3O3/c1-13-11-14(2)18(17(28)12-13)20-19-21(26-25-20)23(29)27(9-4-10-30-3)22(19)15-5-7-16(24)8-6-15/h5-8,11-12,22,28H,4,9-10H2,1-3H3,(H,25,26). The number of ether oxygens (including phenoxy) is 1. The lowest BCUT2D eigenvalue weighted by molar-refractivity contribution is 0.0723. The number of methoxy groups -OCH3 is 1. The number of nitrogens with zero attached hydrogens (tertiary/aromatic N) is 2. The maximum atomic E-state index is 13.6. The Bertz CT molecular complexity index is 1070. The number of aryl methyl sites for hydroxylation is 2. The maximum absolute atomic E-state index is 13.6. The molecule has 156 valence electrons. The summed E-state index contributed by atoms with van der Waals surface area (Å²) in [6, 6.07) is 9.37. The van der Waals surface area contributed by atoms with E-state index < -0.39 is 6.04 Å². The van der Waals surface area contributed by atoms with E-state index in [1.54, 1.807) is 30.2 Å². The number of fused-ring (bicyclic) bond motifs is 1. The number of aromatic hydroxyl groups is 1. The number of H-pyrrole nitrogens is 1. The van der Waals surface area contributed by atoms with Crippen LogP contribution in [0.4, 0.5) is 4.39 Å². The highest BCUT2D eigenvalue weighted by atomic mass is 19.1. The third-order valence-electron chi connectivity index (χ3n) is 5.49. The molecule has 4 rings (SSSR count). The van der Waals surface area contributed by atoms with Crippen molar-refractivity contribution in [1.29, 1.82) is 0 Å². The van der Waals surface area contributed by atoms with Crippen LogP contribution < -0.4 is 0 Å². The van der Waals surface area contributed by atoms with Crippen molar-refractivity contribution in [2.24, 2.45) is 0 Å². The van der Waals surface area contributed by atoms with Gasteiger partial charge in [0.1, 0.15) is 23.0 Å². The monoisotopic (exact) mass is 409 g/mol. The van der Waals surface area contributed by atoms with E-state index in [1.807, 2.05) is 19.9 Å². The van der Waals surface area contributed by atoms with Gasteiger partial charge in [-0.3, -0.25) is 9.89 Å². The fourth-order valence-electron chi connectivity index (χ4n) is 4.24. The molecule has 3 aromatic rings. The minimum absolute atomic E-state index is 0.116. The highest BCUT2D eigenvalue weighted by molar-refractivity contribution is 6.00. The number of carbonyl (C=O) groups is 1. The predicted molar refractivity (Wildman–Crippen MR) is 111 cm³/mol. The molecule has 6 nitrogen and oxygen atoms in total. The molecule has 30 heavy (non-hydrogen) atoms. The summed E-state index contributed by atoms with van der Waals surface area (Å²) < 4.78 is 18.7. The summed E-state index contributed by atoms with van der Waals surface area (Å²) in [6.45, 7) is 4.82. The number of aromatic amines is 1. The van der Waals surface area contributed by atoms with Gasteiger partial charge < -0.3 is 14.7 Å². The Morgan fingerprint density at radius 2 is 1.97 bits per heavy atom. The zero-order valence-corrected chi connectivity index (χ0v) is 17.2. The Balaban J connectivity index is 1.87. The number of hydrogen-bond acceptors (Lipinski definition) is 4. The molecule has 7 heteroatoms. The van der Waals surface area contributed by atoms with Gasteiger partial charge in [0.15, 0.2) is 0 Å². The highest BCUT2D eigenvalue weighted by Gasteiger charge is 2.42. The molecule has 0 aliphatic carbocycles. The summed E-state index contributed by atoms with van der Waals surface area (Å²) in [7, 11) is 1.62. The SMILES string of the molecule is COCCCN1C(=O)c2[nH]nc(-c3c(C)cc(C)cc3O)c2C1c1ccc(F)cc1. The van der Waals surface area contributed by atoms with Crippen LogP contribution in [0.2, 0.25) is 0 Å². The molecule has 0 spiro atoms.